The van der Waals surface area contributed by atoms with Gasteiger partial charge in [0, 0.05) is 12.3 Å². The first kappa shape index (κ1) is 12.6. The summed E-state index contributed by atoms with van der Waals surface area (Å²) in [6.45, 7) is 8.33. The third-order valence-corrected chi connectivity index (χ3v) is 4.55. The Balaban J connectivity index is 2.11. The van der Waals surface area contributed by atoms with Gasteiger partial charge in [-0.1, -0.05) is 19.9 Å². The first-order valence-electron chi connectivity index (χ1n) is 6.64. The topological polar surface area (TPSA) is 61.3 Å². The van der Waals surface area contributed by atoms with Crippen LogP contribution in [0.25, 0.3) is 11.1 Å². The quantitative estimate of drug-likeness (QED) is 0.920. The highest BCUT2D eigenvalue weighted by Gasteiger charge is 2.51. The van der Waals surface area contributed by atoms with Gasteiger partial charge in [-0.05, 0) is 29.7 Å². The standard InChI is InChI=1S/C15H20N2O2/c1-10-17-12-5-4-11(6-13(12)19-10)15(8-18-9-15)14(2,3)7-16/h4-6H,7-9,16H2,1-3H3. The van der Waals surface area contributed by atoms with Crippen LogP contribution in [0.4, 0.5) is 0 Å². The second kappa shape index (κ2) is 4.05. The zero-order chi connectivity index (χ0) is 13.7. The number of oxazole rings is 1. The summed E-state index contributed by atoms with van der Waals surface area (Å²) in [7, 11) is 0. The van der Waals surface area contributed by atoms with E-state index < -0.39 is 0 Å². The predicted octanol–water partition coefficient (Wildman–Crippen LogP) is 2.39. The molecule has 0 radical (unpaired) electrons. The van der Waals surface area contributed by atoms with Crippen LogP contribution in [-0.2, 0) is 10.2 Å². The van der Waals surface area contributed by atoms with Gasteiger partial charge in [-0.3, -0.25) is 0 Å². The number of fused-ring (bicyclic) bond motifs is 1. The number of hydrogen-bond acceptors (Lipinski definition) is 4. The molecule has 19 heavy (non-hydrogen) atoms. The Labute approximate surface area is 112 Å². The van der Waals surface area contributed by atoms with Gasteiger partial charge in [0.1, 0.15) is 5.52 Å². The fourth-order valence-corrected chi connectivity index (χ4v) is 2.79. The lowest BCUT2D eigenvalue weighted by Gasteiger charge is -2.52. The van der Waals surface area contributed by atoms with E-state index in [2.05, 4.69) is 31.0 Å². The number of aromatic nitrogens is 1. The lowest BCUT2D eigenvalue weighted by Crippen LogP contribution is -2.59. The summed E-state index contributed by atoms with van der Waals surface area (Å²) in [6.07, 6.45) is 0. The fourth-order valence-electron chi connectivity index (χ4n) is 2.79. The van der Waals surface area contributed by atoms with Gasteiger partial charge in [-0.25, -0.2) is 4.98 Å². The molecule has 0 saturated carbocycles. The van der Waals surface area contributed by atoms with E-state index >= 15 is 0 Å². The summed E-state index contributed by atoms with van der Waals surface area (Å²) in [6, 6.07) is 6.24. The van der Waals surface area contributed by atoms with Crippen LogP contribution in [0.15, 0.2) is 22.6 Å². The molecular formula is C15H20N2O2. The van der Waals surface area contributed by atoms with Gasteiger partial charge in [-0.2, -0.15) is 0 Å². The molecule has 4 heteroatoms. The average molecular weight is 260 g/mol. The van der Waals surface area contributed by atoms with E-state index in [0.717, 1.165) is 24.3 Å². The van der Waals surface area contributed by atoms with Crippen LogP contribution in [0.5, 0.6) is 0 Å². The van der Waals surface area contributed by atoms with Crippen molar-refractivity contribution in [3.63, 3.8) is 0 Å². The third-order valence-electron chi connectivity index (χ3n) is 4.55. The van der Waals surface area contributed by atoms with E-state index in [1.54, 1.807) is 0 Å². The van der Waals surface area contributed by atoms with Gasteiger partial charge in [0.2, 0.25) is 0 Å². The van der Waals surface area contributed by atoms with E-state index in [9.17, 15) is 0 Å². The zero-order valence-corrected chi connectivity index (χ0v) is 11.7. The maximum absolute atomic E-state index is 5.96. The van der Waals surface area contributed by atoms with Crippen LogP contribution in [0.3, 0.4) is 0 Å². The Morgan fingerprint density at radius 1 is 1.37 bits per heavy atom. The van der Waals surface area contributed by atoms with Crippen molar-refractivity contribution in [2.24, 2.45) is 11.1 Å². The van der Waals surface area contributed by atoms with Gasteiger partial charge in [0.25, 0.3) is 0 Å². The smallest absolute Gasteiger partial charge is 0.192 e. The van der Waals surface area contributed by atoms with Crippen LogP contribution < -0.4 is 5.73 Å². The van der Waals surface area contributed by atoms with E-state index in [1.165, 1.54) is 5.56 Å². The summed E-state index contributed by atoms with van der Waals surface area (Å²) < 4.78 is 11.1. The second-order valence-electron chi connectivity index (χ2n) is 6.08. The molecule has 2 aromatic rings. The molecule has 0 spiro atoms. The van der Waals surface area contributed by atoms with Crippen molar-refractivity contribution in [1.82, 2.24) is 4.98 Å². The normalized spacial score (nSPS) is 18.5. The lowest BCUT2D eigenvalue weighted by atomic mass is 9.60. The van der Waals surface area contributed by atoms with Crippen molar-refractivity contribution in [2.75, 3.05) is 19.8 Å². The molecule has 0 atom stereocenters. The fraction of sp³-hybridized carbons (Fsp3) is 0.533. The van der Waals surface area contributed by atoms with Crippen molar-refractivity contribution in [3.8, 4) is 0 Å². The molecule has 0 unspecified atom stereocenters. The molecule has 1 aliphatic rings. The summed E-state index contributed by atoms with van der Waals surface area (Å²) in [5, 5.41) is 0. The minimum atomic E-state index is -0.0172. The number of nitrogens with zero attached hydrogens (tertiary/aromatic N) is 1. The van der Waals surface area contributed by atoms with Crippen LogP contribution in [0.1, 0.15) is 25.3 Å². The van der Waals surface area contributed by atoms with E-state index in [4.69, 9.17) is 14.9 Å². The third kappa shape index (κ3) is 1.70. The first-order valence-corrected chi connectivity index (χ1v) is 6.64. The summed E-state index contributed by atoms with van der Waals surface area (Å²) in [5.74, 6) is 0.698. The number of rotatable bonds is 3. The highest BCUT2D eigenvalue weighted by Crippen LogP contribution is 2.47. The van der Waals surface area contributed by atoms with Crippen molar-refractivity contribution in [3.05, 3.63) is 29.7 Å². The Morgan fingerprint density at radius 2 is 2.11 bits per heavy atom. The molecule has 1 saturated heterocycles. The number of hydrogen-bond donors (Lipinski definition) is 1. The molecule has 1 aromatic carbocycles. The molecule has 0 amide bonds. The van der Waals surface area contributed by atoms with E-state index in [0.29, 0.717) is 12.4 Å². The van der Waals surface area contributed by atoms with Crippen LogP contribution in [-0.4, -0.2) is 24.7 Å². The molecule has 2 N–H and O–H groups in total. The highest BCUT2D eigenvalue weighted by atomic mass is 16.5. The van der Waals surface area contributed by atoms with Gasteiger partial charge in [0.05, 0.1) is 13.2 Å². The maximum atomic E-state index is 5.96. The average Bonchev–Trinajstić information content (AvgIpc) is 2.66. The molecular weight excluding hydrogens is 240 g/mol. The molecule has 102 valence electrons. The van der Waals surface area contributed by atoms with Crippen molar-refractivity contribution >= 4 is 11.1 Å². The van der Waals surface area contributed by atoms with Gasteiger partial charge < -0.3 is 14.9 Å². The monoisotopic (exact) mass is 260 g/mol. The number of nitrogens with two attached hydrogens (primary N) is 1. The number of ether oxygens (including phenoxy) is 1. The molecule has 0 bridgehead atoms. The highest BCUT2D eigenvalue weighted by molar-refractivity contribution is 5.74. The Hall–Kier alpha value is -1.39. The van der Waals surface area contributed by atoms with Gasteiger partial charge in [0.15, 0.2) is 11.5 Å². The molecule has 2 heterocycles. The van der Waals surface area contributed by atoms with Crippen LogP contribution in [0, 0.1) is 12.3 Å². The first-order chi connectivity index (χ1) is 8.98. The second-order valence-corrected chi connectivity index (χ2v) is 6.08. The molecule has 1 fully saturated rings. The van der Waals surface area contributed by atoms with Crippen LogP contribution >= 0.6 is 0 Å². The predicted molar refractivity (Wildman–Crippen MR) is 74.1 cm³/mol. The van der Waals surface area contributed by atoms with Crippen molar-refractivity contribution < 1.29 is 9.15 Å². The SMILES string of the molecule is Cc1nc2ccc(C3(C(C)(C)CN)COC3)cc2o1. The Kier molecular flexibility index (Phi) is 2.69. The number of benzene rings is 1. The summed E-state index contributed by atoms with van der Waals surface area (Å²) in [4.78, 5) is 4.34. The summed E-state index contributed by atoms with van der Waals surface area (Å²) >= 11 is 0. The van der Waals surface area contributed by atoms with Crippen LogP contribution in [0.2, 0.25) is 0 Å². The lowest BCUT2D eigenvalue weighted by molar-refractivity contribution is -0.116. The minimum absolute atomic E-state index is 0.00596. The zero-order valence-electron chi connectivity index (χ0n) is 11.7. The Bertz CT molecular complexity index is 612. The molecule has 4 nitrogen and oxygen atoms in total. The maximum Gasteiger partial charge on any atom is 0.192 e. The van der Waals surface area contributed by atoms with Crippen molar-refractivity contribution in [2.45, 2.75) is 26.2 Å². The minimum Gasteiger partial charge on any atom is -0.441 e. The van der Waals surface area contributed by atoms with Crippen molar-refractivity contribution in [1.29, 1.82) is 0 Å². The van der Waals surface area contributed by atoms with E-state index in [-0.39, 0.29) is 10.8 Å². The largest absolute Gasteiger partial charge is 0.441 e. The molecule has 0 aliphatic carbocycles. The van der Waals surface area contributed by atoms with Gasteiger partial charge >= 0.3 is 0 Å². The molecule has 1 aliphatic heterocycles. The number of aryl methyl sites for hydroxylation is 1. The Morgan fingerprint density at radius 3 is 2.68 bits per heavy atom. The van der Waals surface area contributed by atoms with Gasteiger partial charge in [-0.15, -0.1) is 0 Å². The summed E-state index contributed by atoms with van der Waals surface area (Å²) in [5.41, 5.74) is 8.92. The molecule has 1 aromatic heterocycles. The molecule has 3 rings (SSSR count). The van der Waals surface area contributed by atoms with E-state index in [1.807, 2.05) is 13.0 Å².